The average Bonchev–Trinajstić information content (AvgIpc) is 2.62. The standard InChI is InChI=1S/C18H18N6/c19-17(20)13-1-5-15(6-2-13)23-9-11-24(12-10-23)16-7-3-14(4-8-16)18(21)22/h1-12H,(H3,19,20)(H3,21,22)/q+2. The van der Waals surface area contributed by atoms with Crippen molar-refractivity contribution in [2.75, 3.05) is 0 Å². The van der Waals surface area contributed by atoms with E-state index in [1.54, 1.807) is 0 Å². The van der Waals surface area contributed by atoms with Crippen LogP contribution in [0.2, 0.25) is 0 Å². The SMILES string of the molecule is N=C(N)c1ccc(-[n+]2cc[n+](-c3ccc(C(=N)N)cc3)cc2)cc1. The fraction of sp³-hybridized carbons (Fsp3) is 0. The van der Waals surface area contributed by atoms with Crippen molar-refractivity contribution in [2.24, 2.45) is 11.5 Å². The molecule has 6 N–H and O–H groups in total. The minimum Gasteiger partial charge on any atom is -0.384 e. The van der Waals surface area contributed by atoms with E-state index in [1.165, 1.54) is 0 Å². The van der Waals surface area contributed by atoms with Crippen LogP contribution in [0.25, 0.3) is 11.4 Å². The first-order valence-electron chi connectivity index (χ1n) is 7.37. The molecule has 0 fully saturated rings. The molecule has 0 radical (unpaired) electrons. The Morgan fingerprint density at radius 3 is 1.12 bits per heavy atom. The zero-order valence-electron chi connectivity index (χ0n) is 13.0. The minimum absolute atomic E-state index is 0.0615. The number of hydrogen-bond donors (Lipinski definition) is 4. The Labute approximate surface area is 139 Å². The van der Waals surface area contributed by atoms with Gasteiger partial charge >= 0.3 is 0 Å². The molecule has 0 aliphatic carbocycles. The van der Waals surface area contributed by atoms with Gasteiger partial charge < -0.3 is 11.5 Å². The van der Waals surface area contributed by atoms with Crippen LogP contribution in [-0.2, 0) is 0 Å². The van der Waals surface area contributed by atoms with Crippen LogP contribution < -0.4 is 20.6 Å². The molecule has 2 aromatic carbocycles. The van der Waals surface area contributed by atoms with Crippen molar-refractivity contribution in [1.29, 1.82) is 10.8 Å². The van der Waals surface area contributed by atoms with Gasteiger partial charge in [-0.15, -0.1) is 0 Å². The van der Waals surface area contributed by atoms with Crippen molar-refractivity contribution in [2.45, 2.75) is 0 Å². The van der Waals surface area contributed by atoms with Gasteiger partial charge in [0, 0.05) is 35.4 Å². The number of nitrogen functional groups attached to an aromatic ring is 2. The van der Waals surface area contributed by atoms with Gasteiger partial charge in [-0.05, 0) is 24.3 Å². The molecule has 6 nitrogen and oxygen atoms in total. The molecule has 3 aromatic rings. The first-order chi connectivity index (χ1) is 11.5. The number of nitrogens with zero attached hydrogens (tertiary/aromatic N) is 2. The number of nitrogens with two attached hydrogens (primary N) is 2. The summed E-state index contributed by atoms with van der Waals surface area (Å²) in [7, 11) is 0. The summed E-state index contributed by atoms with van der Waals surface area (Å²) in [5.41, 5.74) is 14.3. The lowest BCUT2D eigenvalue weighted by atomic mass is 10.2. The third kappa shape index (κ3) is 3.12. The van der Waals surface area contributed by atoms with E-state index in [1.807, 2.05) is 82.5 Å². The molecule has 3 rings (SSSR count). The van der Waals surface area contributed by atoms with Crippen LogP contribution in [0.4, 0.5) is 0 Å². The summed E-state index contributed by atoms with van der Waals surface area (Å²) in [6.07, 6.45) is 7.78. The molecule has 1 aromatic heterocycles. The summed E-state index contributed by atoms with van der Waals surface area (Å²) in [6.45, 7) is 0. The van der Waals surface area contributed by atoms with Gasteiger partial charge in [-0.3, -0.25) is 10.8 Å². The lowest BCUT2D eigenvalue weighted by molar-refractivity contribution is -0.655. The lowest BCUT2D eigenvalue weighted by Crippen LogP contribution is -2.38. The number of nitrogens with one attached hydrogen (secondary N) is 2. The van der Waals surface area contributed by atoms with Crippen LogP contribution in [0.3, 0.4) is 0 Å². The van der Waals surface area contributed by atoms with Gasteiger partial charge in [-0.1, -0.05) is 0 Å². The molecule has 0 aliphatic rings. The molecule has 24 heavy (non-hydrogen) atoms. The van der Waals surface area contributed by atoms with Crippen molar-refractivity contribution in [3.05, 3.63) is 84.4 Å². The van der Waals surface area contributed by atoms with E-state index in [9.17, 15) is 0 Å². The highest BCUT2D eigenvalue weighted by Gasteiger charge is 2.12. The summed E-state index contributed by atoms with van der Waals surface area (Å²) in [4.78, 5) is 0. The monoisotopic (exact) mass is 318 g/mol. The third-order valence-corrected chi connectivity index (χ3v) is 3.73. The van der Waals surface area contributed by atoms with E-state index in [4.69, 9.17) is 22.3 Å². The van der Waals surface area contributed by atoms with E-state index >= 15 is 0 Å². The zero-order chi connectivity index (χ0) is 17.1. The van der Waals surface area contributed by atoms with Crippen molar-refractivity contribution >= 4 is 11.7 Å². The highest BCUT2D eigenvalue weighted by Crippen LogP contribution is 2.05. The Hall–Kier alpha value is -3.54. The Morgan fingerprint density at radius 1 is 0.583 bits per heavy atom. The number of benzene rings is 2. The minimum atomic E-state index is 0.0615. The van der Waals surface area contributed by atoms with Gasteiger partial charge in [0.25, 0.3) is 0 Å². The summed E-state index contributed by atoms with van der Waals surface area (Å²) in [5, 5.41) is 14.8. The second-order valence-corrected chi connectivity index (χ2v) is 5.33. The molecule has 0 unspecified atom stereocenters. The molecule has 0 aliphatic heterocycles. The van der Waals surface area contributed by atoms with Crippen LogP contribution in [-0.4, -0.2) is 11.7 Å². The summed E-state index contributed by atoms with van der Waals surface area (Å²) < 4.78 is 3.95. The molecule has 0 atom stereocenters. The fourth-order valence-corrected chi connectivity index (χ4v) is 2.36. The number of hydrogen-bond acceptors (Lipinski definition) is 2. The quantitative estimate of drug-likeness (QED) is 0.324. The maximum atomic E-state index is 7.42. The summed E-state index contributed by atoms with van der Waals surface area (Å²) in [6, 6.07) is 15.0. The van der Waals surface area contributed by atoms with Gasteiger partial charge in [-0.2, -0.15) is 9.13 Å². The van der Waals surface area contributed by atoms with E-state index < -0.39 is 0 Å². The molecule has 0 saturated carbocycles. The van der Waals surface area contributed by atoms with Crippen molar-refractivity contribution in [1.82, 2.24) is 0 Å². The molecule has 0 amide bonds. The Balaban J connectivity index is 1.84. The Kier molecular flexibility index (Phi) is 4.03. The molecule has 0 bridgehead atoms. The van der Waals surface area contributed by atoms with Crippen LogP contribution in [0, 0.1) is 10.8 Å². The van der Waals surface area contributed by atoms with Crippen LogP contribution in [0.15, 0.2) is 73.3 Å². The van der Waals surface area contributed by atoms with Crippen molar-refractivity contribution < 1.29 is 9.13 Å². The van der Waals surface area contributed by atoms with Crippen molar-refractivity contribution in [3.63, 3.8) is 0 Å². The molecular formula is C18H18N6+2. The van der Waals surface area contributed by atoms with E-state index in [0.717, 1.165) is 11.4 Å². The zero-order valence-corrected chi connectivity index (χ0v) is 13.0. The smallest absolute Gasteiger partial charge is 0.239 e. The van der Waals surface area contributed by atoms with Gasteiger partial charge in [0.15, 0.2) is 0 Å². The lowest BCUT2D eigenvalue weighted by Gasteiger charge is -2.00. The number of amidine groups is 2. The van der Waals surface area contributed by atoms with Gasteiger partial charge in [0.1, 0.15) is 11.7 Å². The summed E-state index contributed by atoms with van der Waals surface area (Å²) in [5.74, 6) is 0.123. The van der Waals surface area contributed by atoms with Crippen LogP contribution in [0.5, 0.6) is 0 Å². The highest BCUT2D eigenvalue weighted by atomic mass is 15.0. The maximum Gasteiger partial charge on any atom is 0.239 e. The molecule has 118 valence electrons. The first kappa shape index (κ1) is 15.4. The average molecular weight is 318 g/mol. The number of rotatable bonds is 4. The second-order valence-electron chi connectivity index (χ2n) is 5.33. The normalized spacial score (nSPS) is 10.3. The van der Waals surface area contributed by atoms with Crippen LogP contribution >= 0.6 is 0 Å². The third-order valence-electron chi connectivity index (χ3n) is 3.73. The maximum absolute atomic E-state index is 7.42. The molecule has 0 spiro atoms. The van der Waals surface area contributed by atoms with Gasteiger partial charge in [-0.25, -0.2) is 0 Å². The fourth-order valence-electron chi connectivity index (χ4n) is 2.36. The Morgan fingerprint density at radius 2 is 0.875 bits per heavy atom. The molecular weight excluding hydrogens is 300 g/mol. The molecule has 0 saturated heterocycles. The topological polar surface area (TPSA) is 108 Å². The predicted molar refractivity (Wildman–Crippen MR) is 91.5 cm³/mol. The Bertz CT molecular complexity index is 804. The molecule has 1 heterocycles. The first-order valence-corrected chi connectivity index (χ1v) is 7.37. The largest absolute Gasteiger partial charge is 0.384 e. The van der Waals surface area contributed by atoms with E-state index in [0.29, 0.717) is 11.1 Å². The predicted octanol–water partition coefficient (Wildman–Crippen LogP) is 0.808. The van der Waals surface area contributed by atoms with E-state index in [2.05, 4.69) is 0 Å². The second kappa shape index (κ2) is 6.29. The summed E-state index contributed by atoms with van der Waals surface area (Å²) >= 11 is 0. The van der Waals surface area contributed by atoms with Gasteiger partial charge in [0.2, 0.25) is 36.2 Å². The molecule has 6 heteroatoms. The van der Waals surface area contributed by atoms with Crippen molar-refractivity contribution in [3.8, 4) is 11.4 Å². The highest BCUT2D eigenvalue weighted by molar-refractivity contribution is 5.95. The van der Waals surface area contributed by atoms with E-state index in [-0.39, 0.29) is 11.7 Å². The number of aromatic nitrogens is 2. The van der Waals surface area contributed by atoms with Gasteiger partial charge in [0.05, 0.1) is 0 Å². The van der Waals surface area contributed by atoms with Crippen LogP contribution in [0.1, 0.15) is 11.1 Å².